The molecule has 0 spiro atoms. The van der Waals surface area contributed by atoms with Gasteiger partial charge in [0, 0.05) is 168 Å². The molecule has 1 aliphatic rings. The van der Waals surface area contributed by atoms with Gasteiger partial charge in [0.05, 0.1) is 6.61 Å². The van der Waals surface area contributed by atoms with Crippen molar-refractivity contribution in [2.45, 2.75) is 12.8 Å². The van der Waals surface area contributed by atoms with Crippen molar-refractivity contribution in [2.24, 2.45) is 5.92 Å². The maximum atomic E-state index is 13.2. The Kier molecular flexibility index (Phi) is 28.7. The number of hydrogen-bond donors (Lipinski definition) is 0. The molecule has 0 aromatic heterocycles. The van der Waals surface area contributed by atoms with Crippen LogP contribution in [0.2, 0.25) is 0 Å². The summed E-state index contributed by atoms with van der Waals surface area (Å²) < 4.78 is 19.2. The van der Waals surface area contributed by atoms with Gasteiger partial charge in [-0.05, 0) is 37.0 Å². The minimum Gasteiger partial charge on any atom is -0.490 e. The second-order valence-corrected chi connectivity index (χ2v) is 4.24. The van der Waals surface area contributed by atoms with E-state index in [1.165, 1.54) is 18.9 Å². The summed E-state index contributed by atoms with van der Waals surface area (Å²) >= 11 is 3.19. The average molecular weight is 690 g/mol. The van der Waals surface area contributed by atoms with Gasteiger partial charge in [0.1, 0.15) is 0 Å². The molecule has 1 saturated carbocycles. The predicted molar refractivity (Wildman–Crippen MR) is 52.3 cm³/mol. The number of ether oxygens (including phenoxy) is 1. The normalized spacial score (nSPS) is 11.4. The molecule has 85 valence electrons. The van der Waals surface area contributed by atoms with Crippen molar-refractivity contribution in [2.75, 3.05) is 6.61 Å². The summed E-state index contributed by atoms with van der Waals surface area (Å²) in [5.74, 6) is 0.716. The SMILES string of the molecule is Fc1cc(Br)ccc1OCC1CC1.[Y].[Y].[Y].[Y].[Y]. The molecule has 2 rings (SSSR count). The maximum absolute atomic E-state index is 13.2. The van der Waals surface area contributed by atoms with Crippen LogP contribution in [-0.2, 0) is 164 Å². The summed E-state index contributed by atoms with van der Waals surface area (Å²) in [4.78, 5) is 0. The molecule has 0 bridgehead atoms. The van der Waals surface area contributed by atoms with E-state index in [4.69, 9.17) is 4.74 Å². The molecule has 0 amide bonds. The fraction of sp³-hybridized carbons (Fsp3) is 0.400. The molecule has 5 radical (unpaired) electrons. The summed E-state index contributed by atoms with van der Waals surface area (Å²) in [5.41, 5.74) is 0. The molecule has 1 aliphatic carbocycles. The molecular formula is C10H10BrFOY5. The molecule has 0 atom stereocenters. The largest absolute Gasteiger partial charge is 0.490 e. The number of halogens is 2. The zero-order valence-corrected chi connectivity index (χ0v) is 25.8. The Morgan fingerprint density at radius 2 is 1.67 bits per heavy atom. The molecule has 1 fully saturated rings. The van der Waals surface area contributed by atoms with E-state index in [2.05, 4.69) is 15.9 Å². The summed E-state index contributed by atoms with van der Waals surface area (Å²) in [5, 5.41) is 0. The van der Waals surface area contributed by atoms with Crippen LogP contribution in [0.5, 0.6) is 5.75 Å². The van der Waals surface area contributed by atoms with Gasteiger partial charge >= 0.3 is 0 Å². The van der Waals surface area contributed by atoms with Crippen LogP contribution in [0.25, 0.3) is 0 Å². The maximum Gasteiger partial charge on any atom is 0.166 e. The number of rotatable bonds is 3. The fourth-order valence-corrected chi connectivity index (χ4v) is 1.42. The topological polar surface area (TPSA) is 9.23 Å². The van der Waals surface area contributed by atoms with Crippen molar-refractivity contribution >= 4 is 15.9 Å². The van der Waals surface area contributed by atoms with Crippen LogP contribution in [0, 0.1) is 11.7 Å². The minimum absolute atomic E-state index is 0. The van der Waals surface area contributed by atoms with E-state index < -0.39 is 0 Å². The predicted octanol–water partition coefficient (Wildman–Crippen LogP) is 3.36. The Hall–Kier alpha value is 4.95. The first-order valence-electron chi connectivity index (χ1n) is 4.33. The van der Waals surface area contributed by atoms with Crippen molar-refractivity contribution in [1.29, 1.82) is 0 Å². The number of hydrogen-bond acceptors (Lipinski definition) is 1. The van der Waals surface area contributed by atoms with Gasteiger partial charge in [-0.1, -0.05) is 15.9 Å². The summed E-state index contributed by atoms with van der Waals surface area (Å²) in [7, 11) is 0. The molecule has 18 heavy (non-hydrogen) atoms. The Bertz CT molecular complexity index is 325. The van der Waals surface area contributed by atoms with Crippen molar-refractivity contribution in [3.63, 3.8) is 0 Å². The van der Waals surface area contributed by atoms with Crippen LogP contribution in [-0.4, -0.2) is 6.61 Å². The molecule has 1 aromatic rings. The van der Waals surface area contributed by atoms with Gasteiger partial charge in [0.15, 0.2) is 11.6 Å². The molecular weight excluding hydrogens is 680 g/mol. The van der Waals surface area contributed by atoms with E-state index in [0.717, 1.165) is 4.47 Å². The summed E-state index contributed by atoms with van der Waals surface area (Å²) in [6, 6.07) is 4.86. The fourth-order valence-electron chi connectivity index (χ4n) is 1.08. The average Bonchev–Trinajstić information content (AvgIpc) is 2.86. The van der Waals surface area contributed by atoms with E-state index in [0.29, 0.717) is 18.3 Å². The van der Waals surface area contributed by atoms with Gasteiger partial charge in [-0.2, -0.15) is 0 Å². The van der Waals surface area contributed by atoms with Gasteiger partial charge in [-0.3, -0.25) is 0 Å². The monoisotopic (exact) mass is 689 g/mol. The van der Waals surface area contributed by atoms with Gasteiger partial charge < -0.3 is 4.74 Å². The third-order valence-electron chi connectivity index (χ3n) is 2.07. The van der Waals surface area contributed by atoms with Gasteiger partial charge in [-0.25, -0.2) is 4.39 Å². The number of benzene rings is 1. The second-order valence-electron chi connectivity index (χ2n) is 3.33. The Labute approximate surface area is 242 Å². The summed E-state index contributed by atoms with van der Waals surface area (Å²) in [6.45, 7) is 0.651. The first kappa shape index (κ1) is 30.8. The van der Waals surface area contributed by atoms with E-state index in [9.17, 15) is 4.39 Å². The van der Waals surface area contributed by atoms with Crippen molar-refractivity contribution in [3.05, 3.63) is 28.5 Å². The van der Waals surface area contributed by atoms with E-state index in [-0.39, 0.29) is 169 Å². The zero-order chi connectivity index (χ0) is 9.26. The Morgan fingerprint density at radius 3 is 2.11 bits per heavy atom. The molecule has 0 heterocycles. The minimum atomic E-state index is -0.296. The van der Waals surface area contributed by atoms with Crippen molar-refractivity contribution in [1.82, 2.24) is 0 Å². The molecule has 0 N–H and O–H groups in total. The first-order chi connectivity index (χ1) is 6.25. The van der Waals surface area contributed by atoms with Crippen LogP contribution in [0.3, 0.4) is 0 Å². The zero-order valence-electron chi connectivity index (χ0n) is 9.98. The molecule has 0 saturated heterocycles. The van der Waals surface area contributed by atoms with E-state index in [1.807, 2.05) is 0 Å². The third-order valence-corrected chi connectivity index (χ3v) is 2.56. The molecule has 0 unspecified atom stereocenters. The van der Waals surface area contributed by atoms with Crippen LogP contribution < -0.4 is 4.74 Å². The molecule has 1 aromatic carbocycles. The van der Waals surface area contributed by atoms with Crippen LogP contribution in [0.4, 0.5) is 4.39 Å². The standard InChI is InChI=1S/C10H10BrFO.5Y/c11-8-3-4-10(9(12)5-8)13-6-7-1-2-7;;;;;/h3-5,7H,1-2,6H2;;;;;. The van der Waals surface area contributed by atoms with Crippen molar-refractivity contribution < 1.29 is 173 Å². The van der Waals surface area contributed by atoms with Gasteiger partial charge in [0.2, 0.25) is 0 Å². The quantitative estimate of drug-likeness (QED) is 0.474. The van der Waals surface area contributed by atoms with Crippen molar-refractivity contribution in [3.8, 4) is 5.75 Å². The van der Waals surface area contributed by atoms with Gasteiger partial charge in [0.25, 0.3) is 0 Å². The third kappa shape index (κ3) is 12.4. The summed E-state index contributed by atoms with van der Waals surface area (Å²) in [6.07, 6.45) is 2.44. The van der Waals surface area contributed by atoms with E-state index in [1.54, 1.807) is 12.1 Å². The molecule has 8 heteroatoms. The second kappa shape index (κ2) is 16.8. The molecule has 1 nitrogen and oxygen atoms in total. The van der Waals surface area contributed by atoms with Crippen LogP contribution in [0.1, 0.15) is 12.8 Å². The van der Waals surface area contributed by atoms with Crippen LogP contribution >= 0.6 is 15.9 Å². The Balaban J connectivity index is -0.000000196. The Morgan fingerprint density at radius 1 is 1.11 bits per heavy atom. The molecule has 0 aliphatic heterocycles. The van der Waals surface area contributed by atoms with Gasteiger partial charge in [-0.15, -0.1) is 0 Å². The van der Waals surface area contributed by atoms with E-state index >= 15 is 0 Å². The first-order valence-corrected chi connectivity index (χ1v) is 5.13. The smallest absolute Gasteiger partial charge is 0.166 e. The van der Waals surface area contributed by atoms with Crippen LogP contribution in [0.15, 0.2) is 22.7 Å².